The van der Waals surface area contributed by atoms with Gasteiger partial charge in [0.05, 0.1) is 15.7 Å². The van der Waals surface area contributed by atoms with E-state index in [1.807, 2.05) is 18.2 Å². The minimum absolute atomic E-state index is 0.552. The summed E-state index contributed by atoms with van der Waals surface area (Å²) in [5.41, 5.74) is 0.961. The summed E-state index contributed by atoms with van der Waals surface area (Å²) >= 11 is 12.1. The number of nitrogens with one attached hydrogen (secondary N) is 1. The first-order valence-electron chi connectivity index (χ1n) is 5.37. The van der Waals surface area contributed by atoms with Crippen LogP contribution in [0.1, 0.15) is 26.2 Å². The Morgan fingerprint density at radius 2 is 2.07 bits per heavy atom. The van der Waals surface area contributed by atoms with Crippen molar-refractivity contribution in [2.24, 2.45) is 5.92 Å². The quantitative estimate of drug-likeness (QED) is 0.801. The van der Waals surface area contributed by atoms with E-state index in [1.54, 1.807) is 0 Å². The van der Waals surface area contributed by atoms with Crippen LogP contribution < -0.4 is 5.32 Å². The SMILES string of the molecule is CC1CCC(Nc2cccc(Cl)c2Cl)C1. The Morgan fingerprint density at radius 3 is 2.73 bits per heavy atom. The van der Waals surface area contributed by atoms with Gasteiger partial charge in [-0.15, -0.1) is 0 Å². The van der Waals surface area contributed by atoms with E-state index in [0.29, 0.717) is 16.1 Å². The molecule has 1 nitrogen and oxygen atoms in total. The van der Waals surface area contributed by atoms with Crippen molar-refractivity contribution in [1.82, 2.24) is 0 Å². The molecule has 2 rings (SSSR count). The van der Waals surface area contributed by atoms with Gasteiger partial charge < -0.3 is 5.32 Å². The Kier molecular flexibility index (Phi) is 3.42. The van der Waals surface area contributed by atoms with Crippen LogP contribution in [-0.2, 0) is 0 Å². The molecule has 1 aromatic rings. The molecule has 3 heteroatoms. The molecular formula is C12H15Cl2N. The summed E-state index contributed by atoms with van der Waals surface area (Å²) in [7, 11) is 0. The molecule has 1 aliphatic rings. The Hall–Kier alpha value is -0.400. The fraction of sp³-hybridized carbons (Fsp3) is 0.500. The van der Waals surface area contributed by atoms with Crippen molar-refractivity contribution in [3.05, 3.63) is 28.2 Å². The second-order valence-electron chi connectivity index (χ2n) is 4.36. The van der Waals surface area contributed by atoms with Crippen LogP contribution in [0, 0.1) is 5.92 Å². The van der Waals surface area contributed by atoms with Crippen LogP contribution >= 0.6 is 23.2 Å². The van der Waals surface area contributed by atoms with E-state index in [1.165, 1.54) is 19.3 Å². The topological polar surface area (TPSA) is 12.0 Å². The number of halogens is 2. The molecule has 0 saturated heterocycles. The molecule has 82 valence electrons. The summed E-state index contributed by atoms with van der Waals surface area (Å²) in [5, 5.41) is 4.72. The van der Waals surface area contributed by atoms with Crippen LogP contribution in [-0.4, -0.2) is 6.04 Å². The highest BCUT2D eigenvalue weighted by Crippen LogP contribution is 2.33. The lowest BCUT2D eigenvalue weighted by Gasteiger charge is -2.15. The second-order valence-corrected chi connectivity index (χ2v) is 5.15. The van der Waals surface area contributed by atoms with E-state index in [4.69, 9.17) is 23.2 Å². The lowest BCUT2D eigenvalue weighted by atomic mass is 10.1. The summed E-state index contributed by atoms with van der Waals surface area (Å²) in [5.74, 6) is 0.820. The predicted octanol–water partition coefficient (Wildman–Crippen LogP) is 4.59. The van der Waals surface area contributed by atoms with Crippen molar-refractivity contribution in [1.29, 1.82) is 0 Å². The van der Waals surface area contributed by atoms with Gasteiger partial charge in [0.25, 0.3) is 0 Å². The van der Waals surface area contributed by atoms with Crippen LogP contribution in [0.25, 0.3) is 0 Å². The Morgan fingerprint density at radius 1 is 1.27 bits per heavy atom. The summed E-state index contributed by atoms with van der Waals surface area (Å²) < 4.78 is 0. The third kappa shape index (κ3) is 2.59. The third-order valence-corrected chi connectivity index (χ3v) is 3.82. The molecule has 0 amide bonds. The van der Waals surface area contributed by atoms with Crippen molar-refractivity contribution in [3.63, 3.8) is 0 Å². The van der Waals surface area contributed by atoms with Gasteiger partial charge in [-0.2, -0.15) is 0 Å². The molecule has 0 radical (unpaired) electrons. The van der Waals surface area contributed by atoms with Crippen LogP contribution in [0.15, 0.2) is 18.2 Å². The number of benzene rings is 1. The van der Waals surface area contributed by atoms with Gasteiger partial charge in [-0.05, 0) is 37.3 Å². The van der Waals surface area contributed by atoms with E-state index in [9.17, 15) is 0 Å². The molecule has 0 aromatic heterocycles. The van der Waals surface area contributed by atoms with Gasteiger partial charge in [0.2, 0.25) is 0 Å². The first kappa shape index (κ1) is 11.1. The van der Waals surface area contributed by atoms with E-state index < -0.39 is 0 Å². The number of hydrogen-bond acceptors (Lipinski definition) is 1. The fourth-order valence-electron chi connectivity index (χ4n) is 2.17. The van der Waals surface area contributed by atoms with E-state index in [2.05, 4.69) is 12.2 Å². The van der Waals surface area contributed by atoms with Gasteiger partial charge in [0, 0.05) is 6.04 Å². The highest BCUT2D eigenvalue weighted by molar-refractivity contribution is 6.43. The molecule has 0 bridgehead atoms. The monoisotopic (exact) mass is 243 g/mol. The molecule has 0 spiro atoms. The molecule has 0 aliphatic heterocycles. The van der Waals surface area contributed by atoms with Crippen molar-refractivity contribution in [2.45, 2.75) is 32.2 Å². The maximum atomic E-state index is 6.11. The lowest BCUT2D eigenvalue weighted by molar-refractivity contribution is 0.602. The van der Waals surface area contributed by atoms with Gasteiger partial charge in [0.15, 0.2) is 0 Å². The smallest absolute Gasteiger partial charge is 0.0823 e. The van der Waals surface area contributed by atoms with E-state index in [-0.39, 0.29) is 0 Å². The molecule has 1 fully saturated rings. The maximum Gasteiger partial charge on any atom is 0.0823 e. The van der Waals surface area contributed by atoms with Crippen LogP contribution in [0.3, 0.4) is 0 Å². The number of anilines is 1. The lowest BCUT2D eigenvalue weighted by Crippen LogP contribution is -2.15. The molecule has 2 unspecified atom stereocenters. The average molecular weight is 244 g/mol. The minimum atomic E-state index is 0.552. The molecule has 2 atom stereocenters. The van der Waals surface area contributed by atoms with Crippen LogP contribution in [0.2, 0.25) is 10.0 Å². The Labute approximate surface area is 101 Å². The molecule has 15 heavy (non-hydrogen) atoms. The molecule has 1 aromatic carbocycles. The van der Waals surface area contributed by atoms with Gasteiger partial charge in [-0.1, -0.05) is 36.2 Å². The zero-order valence-corrected chi connectivity index (χ0v) is 10.3. The summed E-state index contributed by atoms with van der Waals surface area (Å²) in [6, 6.07) is 6.27. The Bertz CT molecular complexity index is 351. The van der Waals surface area contributed by atoms with Crippen molar-refractivity contribution >= 4 is 28.9 Å². The van der Waals surface area contributed by atoms with Gasteiger partial charge in [-0.3, -0.25) is 0 Å². The molecular weight excluding hydrogens is 229 g/mol. The van der Waals surface area contributed by atoms with Crippen molar-refractivity contribution in [3.8, 4) is 0 Å². The average Bonchev–Trinajstić information content (AvgIpc) is 2.59. The highest BCUT2D eigenvalue weighted by atomic mass is 35.5. The first-order chi connectivity index (χ1) is 7.16. The van der Waals surface area contributed by atoms with Crippen LogP contribution in [0.4, 0.5) is 5.69 Å². The zero-order chi connectivity index (χ0) is 10.8. The number of rotatable bonds is 2. The van der Waals surface area contributed by atoms with Gasteiger partial charge >= 0.3 is 0 Å². The van der Waals surface area contributed by atoms with E-state index in [0.717, 1.165) is 11.6 Å². The Balaban J connectivity index is 2.07. The number of hydrogen-bond donors (Lipinski definition) is 1. The van der Waals surface area contributed by atoms with Gasteiger partial charge in [-0.25, -0.2) is 0 Å². The summed E-state index contributed by atoms with van der Waals surface area (Å²) in [6.07, 6.45) is 3.75. The molecule has 0 heterocycles. The molecule has 1 saturated carbocycles. The van der Waals surface area contributed by atoms with Crippen LogP contribution in [0.5, 0.6) is 0 Å². The van der Waals surface area contributed by atoms with Gasteiger partial charge in [0.1, 0.15) is 0 Å². The second kappa shape index (κ2) is 4.63. The zero-order valence-electron chi connectivity index (χ0n) is 8.76. The minimum Gasteiger partial charge on any atom is -0.381 e. The first-order valence-corrected chi connectivity index (χ1v) is 6.13. The third-order valence-electron chi connectivity index (χ3n) is 3.01. The summed E-state index contributed by atoms with van der Waals surface area (Å²) in [4.78, 5) is 0. The molecule has 1 N–H and O–H groups in total. The summed E-state index contributed by atoms with van der Waals surface area (Å²) in [6.45, 7) is 2.29. The highest BCUT2D eigenvalue weighted by Gasteiger charge is 2.21. The fourth-order valence-corrected chi connectivity index (χ4v) is 2.53. The predicted molar refractivity (Wildman–Crippen MR) is 66.9 cm³/mol. The normalized spacial score (nSPS) is 25.5. The maximum absolute atomic E-state index is 6.11. The van der Waals surface area contributed by atoms with Crippen molar-refractivity contribution in [2.75, 3.05) is 5.32 Å². The largest absolute Gasteiger partial charge is 0.381 e. The van der Waals surface area contributed by atoms with Crippen molar-refractivity contribution < 1.29 is 0 Å². The molecule has 1 aliphatic carbocycles. The standard InChI is InChI=1S/C12H15Cl2N/c1-8-5-6-9(7-8)15-11-4-2-3-10(13)12(11)14/h2-4,8-9,15H,5-7H2,1H3. The van der Waals surface area contributed by atoms with E-state index >= 15 is 0 Å².